The van der Waals surface area contributed by atoms with Crippen molar-refractivity contribution in [2.75, 3.05) is 0 Å². The van der Waals surface area contributed by atoms with Gasteiger partial charge in [0, 0.05) is 14.8 Å². The van der Waals surface area contributed by atoms with Crippen LogP contribution >= 0.6 is 11.3 Å². The molecule has 0 bridgehead atoms. The summed E-state index contributed by atoms with van der Waals surface area (Å²) in [4.78, 5) is 0. The summed E-state index contributed by atoms with van der Waals surface area (Å²) in [7, 11) is 0. The molecule has 3 aromatic carbocycles. The maximum atomic E-state index is 3.25. The van der Waals surface area contributed by atoms with E-state index in [9.17, 15) is 0 Å². The molecule has 1 aromatic heterocycles. The Morgan fingerprint density at radius 1 is 0.950 bits per heavy atom. The second-order valence-electron chi connectivity index (χ2n) is 4.99. The molecule has 0 nitrogen and oxygen atoms in total. The van der Waals surface area contributed by atoms with Crippen LogP contribution in [-0.4, -0.2) is 0 Å². The summed E-state index contributed by atoms with van der Waals surface area (Å²) in [5.74, 6) is 0. The highest BCUT2D eigenvalue weighted by Gasteiger charge is 2.09. The quantitative estimate of drug-likeness (QED) is 0.421. The minimum absolute atomic E-state index is 1.18. The average molecular weight is 272 g/mol. The number of aryl methyl sites for hydroxylation is 1. The van der Waals surface area contributed by atoms with E-state index in [0.29, 0.717) is 0 Å². The Morgan fingerprint density at radius 3 is 2.65 bits per heavy atom. The van der Waals surface area contributed by atoms with E-state index in [2.05, 4.69) is 67.6 Å². The zero-order chi connectivity index (χ0) is 13.5. The van der Waals surface area contributed by atoms with Crippen LogP contribution in [0.15, 0.2) is 54.6 Å². The molecule has 0 aliphatic carbocycles. The van der Waals surface area contributed by atoms with Gasteiger partial charge in [-0.2, -0.15) is 0 Å². The summed E-state index contributed by atoms with van der Waals surface area (Å²) in [6.45, 7) is 2.12. The fraction of sp³-hybridized carbons (Fsp3) is 0.0526. The fourth-order valence-corrected chi connectivity index (χ4v) is 3.77. The zero-order valence-corrected chi connectivity index (χ0v) is 11.9. The van der Waals surface area contributed by atoms with Gasteiger partial charge in [0.2, 0.25) is 0 Å². The maximum absolute atomic E-state index is 3.25. The molecule has 0 atom stereocenters. The highest BCUT2D eigenvalue weighted by molar-refractivity contribution is 7.26. The summed E-state index contributed by atoms with van der Waals surface area (Å²) in [5.41, 5.74) is 3.87. The average Bonchev–Trinajstić information content (AvgIpc) is 2.87. The lowest BCUT2D eigenvalue weighted by Gasteiger charge is -2.03. The van der Waals surface area contributed by atoms with Gasteiger partial charge in [0.05, 0.1) is 5.39 Å². The van der Waals surface area contributed by atoms with Crippen molar-refractivity contribution in [3.8, 4) is 11.1 Å². The Bertz CT molecular complexity index is 898. The van der Waals surface area contributed by atoms with E-state index < -0.39 is 0 Å². The zero-order valence-electron chi connectivity index (χ0n) is 11.1. The van der Waals surface area contributed by atoms with Crippen LogP contribution in [0.25, 0.3) is 31.3 Å². The Hall–Kier alpha value is -2.30. The molecule has 0 aliphatic heterocycles. The molecule has 0 spiro atoms. The van der Waals surface area contributed by atoms with Crippen LogP contribution < -0.4 is 0 Å². The van der Waals surface area contributed by atoms with E-state index in [-0.39, 0.29) is 0 Å². The second-order valence-corrected chi connectivity index (χ2v) is 6.04. The molecule has 20 heavy (non-hydrogen) atoms. The third kappa shape index (κ3) is 1.70. The molecule has 0 amide bonds. The molecule has 0 radical (unpaired) electrons. The second kappa shape index (κ2) is 4.37. The predicted octanol–water partition coefficient (Wildman–Crippen LogP) is 5.63. The topological polar surface area (TPSA) is 0 Å². The van der Waals surface area contributed by atoms with Gasteiger partial charge >= 0.3 is 0 Å². The first kappa shape index (κ1) is 11.5. The van der Waals surface area contributed by atoms with Crippen LogP contribution in [0.1, 0.15) is 5.56 Å². The SMILES string of the molecule is Cc1ccc(-c2cccc3c2sc2ccc#cc23)cc1. The highest BCUT2D eigenvalue weighted by atomic mass is 32.1. The van der Waals surface area contributed by atoms with Crippen molar-refractivity contribution in [3.05, 3.63) is 72.3 Å². The third-order valence-electron chi connectivity index (χ3n) is 3.62. The molecule has 0 aliphatic rings. The van der Waals surface area contributed by atoms with E-state index in [1.165, 1.54) is 36.9 Å². The lowest BCUT2D eigenvalue weighted by Crippen LogP contribution is -1.78. The van der Waals surface area contributed by atoms with E-state index in [1.807, 2.05) is 17.4 Å². The number of fused-ring (bicyclic) bond motifs is 3. The largest absolute Gasteiger partial charge is 0.134 e. The van der Waals surface area contributed by atoms with Gasteiger partial charge in [-0.3, -0.25) is 0 Å². The number of benzene rings is 2. The molecule has 0 saturated carbocycles. The van der Waals surface area contributed by atoms with Gasteiger partial charge in [-0.1, -0.05) is 60.2 Å². The van der Waals surface area contributed by atoms with Crippen molar-refractivity contribution >= 4 is 31.5 Å². The smallest absolute Gasteiger partial charge is 0.0508 e. The van der Waals surface area contributed by atoms with Crippen LogP contribution in [0.5, 0.6) is 0 Å². The molecule has 1 heterocycles. The van der Waals surface area contributed by atoms with Gasteiger partial charge in [0.25, 0.3) is 0 Å². The molecular formula is C19H12S. The fourth-order valence-electron chi connectivity index (χ4n) is 2.58. The number of hydrogen-bond donors (Lipinski definition) is 0. The van der Waals surface area contributed by atoms with Crippen LogP contribution in [0, 0.1) is 19.1 Å². The standard InChI is InChI=1S/C19H12S/c1-13-9-11-14(12-10-13)15-6-4-7-17-16-5-2-3-8-18(16)20-19(15)17/h3-4,6-12H,1H3. The van der Waals surface area contributed by atoms with Crippen molar-refractivity contribution in [1.82, 2.24) is 0 Å². The van der Waals surface area contributed by atoms with Crippen LogP contribution in [0.3, 0.4) is 0 Å². The predicted molar refractivity (Wildman–Crippen MR) is 87.2 cm³/mol. The summed E-state index contributed by atoms with van der Waals surface area (Å²) >= 11 is 1.84. The Balaban J connectivity index is 2.07. The minimum Gasteiger partial charge on any atom is -0.134 e. The molecule has 0 fully saturated rings. The number of thiophene rings is 1. The van der Waals surface area contributed by atoms with Gasteiger partial charge in [-0.25, -0.2) is 0 Å². The molecule has 0 saturated heterocycles. The Labute approximate surface area is 122 Å². The van der Waals surface area contributed by atoms with Gasteiger partial charge < -0.3 is 0 Å². The van der Waals surface area contributed by atoms with E-state index in [1.54, 1.807) is 0 Å². The molecule has 4 rings (SSSR count). The van der Waals surface area contributed by atoms with Crippen molar-refractivity contribution < 1.29 is 0 Å². The minimum atomic E-state index is 1.18. The molecule has 0 unspecified atom stereocenters. The van der Waals surface area contributed by atoms with E-state index >= 15 is 0 Å². The van der Waals surface area contributed by atoms with Crippen molar-refractivity contribution in [1.29, 1.82) is 0 Å². The highest BCUT2D eigenvalue weighted by Crippen LogP contribution is 2.38. The van der Waals surface area contributed by atoms with Gasteiger partial charge in [0.1, 0.15) is 0 Å². The Morgan fingerprint density at radius 2 is 1.80 bits per heavy atom. The lowest BCUT2D eigenvalue weighted by atomic mass is 10.0. The first-order valence-corrected chi connectivity index (χ1v) is 7.45. The van der Waals surface area contributed by atoms with Crippen LogP contribution in [0.2, 0.25) is 0 Å². The van der Waals surface area contributed by atoms with E-state index in [4.69, 9.17) is 0 Å². The van der Waals surface area contributed by atoms with Crippen molar-refractivity contribution in [3.63, 3.8) is 0 Å². The molecule has 0 N–H and O–H groups in total. The van der Waals surface area contributed by atoms with Crippen molar-refractivity contribution in [2.45, 2.75) is 6.92 Å². The maximum Gasteiger partial charge on any atom is 0.0508 e. The monoisotopic (exact) mass is 272 g/mol. The lowest BCUT2D eigenvalue weighted by molar-refractivity contribution is 1.47. The first-order chi connectivity index (χ1) is 9.83. The van der Waals surface area contributed by atoms with Crippen LogP contribution in [-0.2, 0) is 0 Å². The summed E-state index contributed by atoms with van der Waals surface area (Å²) < 4.78 is 2.61. The normalized spacial score (nSPS) is 10.8. The van der Waals surface area contributed by atoms with Gasteiger partial charge in [0.15, 0.2) is 0 Å². The number of rotatable bonds is 1. The number of hydrogen-bond acceptors (Lipinski definition) is 1. The Kier molecular flexibility index (Phi) is 2.52. The van der Waals surface area contributed by atoms with Gasteiger partial charge in [-0.15, -0.1) is 11.3 Å². The van der Waals surface area contributed by atoms with Crippen LogP contribution in [0.4, 0.5) is 0 Å². The summed E-state index contributed by atoms with van der Waals surface area (Å²) in [6.07, 6.45) is 0. The van der Waals surface area contributed by atoms with Gasteiger partial charge in [-0.05, 0) is 30.2 Å². The first-order valence-electron chi connectivity index (χ1n) is 6.63. The molecular weight excluding hydrogens is 260 g/mol. The molecule has 94 valence electrons. The summed E-state index contributed by atoms with van der Waals surface area (Å²) in [5, 5.41) is 2.46. The summed E-state index contributed by atoms with van der Waals surface area (Å²) in [6, 6.07) is 25.6. The van der Waals surface area contributed by atoms with Crippen molar-refractivity contribution in [2.24, 2.45) is 0 Å². The van der Waals surface area contributed by atoms with E-state index in [0.717, 1.165) is 0 Å². The molecule has 1 heteroatoms. The third-order valence-corrected chi connectivity index (χ3v) is 4.82. The molecule has 4 aromatic rings.